The van der Waals surface area contributed by atoms with Crippen LogP contribution in [0.1, 0.15) is 180 Å². The molecule has 0 aromatic heterocycles. The van der Waals surface area contributed by atoms with Crippen molar-refractivity contribution in [3.05, 3.63) is 169 Å². The summed E-state index contributed by atoms with van der Waals surface area (Å²) in [6.45, 7) is 9.40. The third-order valence-electron chi connectivity index (χ3n) is 28.1. The molecule has 84 heavy (non-hydrogen) atoms. The number of fused-ring (bicyclic) bond motifs is 35. The first-order valence-corrected chi connectivity index (χ1v) is 34.8. The van der Waals surface area contributed by atoms with Gasteiger partial charge >= 0.3 is 0 Å². The van der Waals surface area contributed by atoms with E-state index in [0.29, 0.717) is 5.92 Å². The van der Waals surface area contributed by atoms with Gasteiger partial charge in [0.1, 0.15) is 61.6 Å². The van der Waals surface area contributed by atoms with Crippen molar-refractivity contribution in [2.75, 3.05) is 0 Å². The minimum absolute atomic E-state index is 0.119. The van der Waals surface area contributed by atoms with Crippen LogP contribution in [-0.4, -0.2) is 56.0 Å². The zero-order valence-corrected chi connectivity index (χ0v) is 50.9. The van der Waals surface area contributed by atoms with Crippen molar-refractivity contribution < 1.29 is 28.4 Å². The van der Waals surface area contributed by atoms with Gasteiger partial charge in [0.25, 0.3) is 0 Å². The van der Waals surface area contributed by atoms with Crippen LogP contribution in [0.5, 0.6) is 0 Å². The monoisotopic (exact) mass is 1130 g/mol. The van der Waals surface area contributed by atoms with Gasteiger partial charge in [-0.1, -0.05) is 237 Å². The molecular weight excluding hydrogens is 1030 g/mol. The number of hydrogen-bond acceptors (Lipinski definition) is 6. The molecule has 10 saturated heterocycles. The largest absolute Gasteiger partial charge is 0.365 e. The summed E-state index contributed by atoms with van der Waals surface area (Å²) in [5.41, 5.74) is -3.85. The molecule has 18 rings (SSSR count). The topological polar surface area (TPSA) is 55.4 Å². The van der Waals surface area contributed by atoms with Crippen molar-refractivity contribution in [1.29, 1.82) is 0 Å². The fourth-order valence-corrected chi connectivity index (χ4v) is 25.4. The van der Waals surface area contributed by atoms with Crippen molar-refractivity contribution in [2.45, 2.75) is 236 Å². The van der Waals surface area contributed by atoms with Crippen LogP contribution in [0.2, 0.25) is 0 Å². The van der Waals surface area contributed by atoms with Crippen LogP contribution >= 0.6 is 0 Å². The standard InChI is InChI=1S/C78H94O6/c1-5-7-9-11-13-15-29-53-51-75(73-49-47-71(81-73,59-35-21-23-37-61(59)73)69-45-43-67(3,79-69)55-31-17-19-33-57(55)69)63-39-25-27-41-65(63)77(53,83-75)78-54(30-16-14-12-10-8-6-2)52-76(84-78,64-40-26-28-42-66(64)78)74-50-48-72(82-74,60-36-22-24-38-62(60)74)70-46-44-68(4,80-70)56-32-18-20-34-58(56)70/h17-28,31-43,45,53-54,56,58-66H,5-16,29-30,44,46-52H2,1-4H3. The van der Waals surface area contributed by atoms with Gasteiger partial charge in [0.2, 0.25) is 0 Å². The van der Waals surface area contributed by atoms with Crippen LogP contribution < -0.4 is 0 Å². The van der Waals surface area contributed by atoms with E-state index in [-0.39, 0.29) is 70.7 Å². The molecule has 17 aliphatic rings. The lowest BCUT2D eigenvalue weighted by molar-refractivity contribution is -0.277. The number of benzene rings is 1. The Morgan fingerprint density at radius 1 is 0.345 bits per heavy atom. The summed E-state index contributed by atoms with van der Waals surface area (Å²) >= 11 is 0. The number of ether oxygens (including phenoxy) is 6. The highest BCUT2D eigenvalue weighted by molar-refractivity contribution is 5.57. The molecule has 12 bridgehead atoms. The van der Waals surface area contributed by atoms with E-state index in [2.05, 4.69) is 186 Å². The van der Waals surface area contributed by atoms with Gasteiger partial charge in [-0.05, 0) is 113 Å². The van der Waals surface area contributed by atoms with E-state index in [1.807, 2.05) is 0 Å². The van der Waals surface area contributed by atoms with Gasteiger partial charge in [-0.15, -0.1) is 0 Å². The molecule has 6 heteroatoms. The molecular formula is C78H94O6. The molecule has 12 aliphatic heterocycles. The average molecular weight is 1130 g/mol. The highest BCUT2D eigenvalue weighted by Gasteiger charge is 2.94. The lowest BCUT2D eigenvalue weighted by Crippen LogP contribution is -2.67. The minimum atomic E-state index is -0.699. The fourth-order valence-electron chi connectivity index (χ4n) is 25.4. The lowest BCUT2D eigenvalue weighted by atomic mass is 9.44. The van der Waals surface area contributed by atoms with Gasteiger partial charge in [-0.3, -0.25) is 0 Å². The van der Waals surface area contributed by atoms with E-state index < -0.39 is 61.6 Å². The molecule has 12 heterocycles. The predicted molar refractivity (Wildman–Crippen MR) is 330 cm³/mol. The Labute approximate surface area is 502 Å². The maximum atomic E-state index is 9.26. The molecule has 0 radical (unpaired) electrons. The Balaban J connectivity index is 0.812. The fraction of sp³-hybridized carbons (Fsp3) is 0.641. The zero-order valence-electron chi connectivity index (χ0n) is 50.9. The van der Waals surface area contributed by atoms with E-state index in [0.717, 1.165) is 64.2 Å². The Kier molecular flexibility index (Phi) is 11.3. The number of hydrogen-bond donors (Lipinski definition) is 0. The Bertz CT molecular complexity index is 3260. The van der Waals surface area contributed by atoms with Gasteiger partial charge in [0, 0.05) is 59.2 Å². The summed E-state index contributed by atoms with van der Waals surface area (Å²) in [6, 6.07) is 9.10. The number of rotatable bonds is 19. The Morgan fingerprint density at radius 2 is 0.714 bits per heavy atom. The first-order valence-electron chi connectivity index (χ1n) is 34.8. The SMILES string of the molecule is CCCCCCCCC1CC2(C34CCC(C56C=CC(C)(O5)c5ccccc56)(O3)C3C=CC=CC34)OC1(C13OC(C45CCC(C67CCC(C)(O6)C6C=CC=CC67)(O4)C4C=CC=CC45)(CC1CCCCCCCC)C1C=CC=CC13)C1C=CC=CC12. The average Bonchev–Trinajstić information content (AvgIpc) is 1.45. The summed E-state index contributed by atoms with van der Waals surface area (Å²) in [5, 5.41) is 0. The molecule has 6 nitrogen and oxygen atoms in total. The lowest BCUT2D eigenvalue weighted by Gasteiger charge is -2.56. The predicted octanol–water partition coefficient (Wildman–Crippen LogP) is 17.0. The van der Waals surface area contributed by atoms with E-state index in [4.69, 9.17) is 18.9 Å². The van der Waals surface area contributed by atoms with Gasteiger partial charge in [-0.25, -0.2) is 0 Å². The highest BCUT2D eigenvalue weighted by atomic mass is 16.7. The van der Waals surface area contributed by atoms with E-state index >= 15 is 0 Å². The summed E-state index contributed by atoms with van der Waals surface area (Å²) in [5.74, 6) is 2.34. The summed E-state index contributed by atoms with van der Waals surface area (Å²) in [7, 11) is 0. The second kappa shape index (κ2) is 17.9. The third-order valence-corrected chi connectivity index (χ3v) is 28.1. The van der Waals surface area contributed by atoms with Gasteiger partial charge < -0.3 is 28.4 Å². The molecule has 24 unspecified atom stereocenters. The molecule has 24 atom stereocenters. The quantitative estimate of drug-likeness (QED) is 0.102. The summed E-state index contributed by atoms with van der Waals surface area (Å²) in [6.07, 6.45) is 80.0. The highest BCUT2D eigenvalue weighted by Crippen LogP contribution is 2.85. The molecule has 0 N–H and O–H groups in total. The summed E-state index contributed by atoms with van der Waals surface area (Å²) in [4.78, 5) is 0. The third kappa shape index (κ3) is 5.88. The first-order chi connectivity index (χ1) is 41.0. The van der Waals surface area contributed by atoms with Gasteiger partial charge in [0.05, 0.1) is 5.60 Å². The van der Waals surface area contributed by atoms with Crippen LogP contribution in [0, 0.1) is 71.0 Å². The molecule has 1 aromatic rings. The Hall–Kier alpha value is -3.88. The van der Waals surface area contributed by atoms with E-state index in [9.17, 15) is 9.47 Å². The molecule has 0 amide bonds. The number of unbranched alkanes of at least 4 members (excludes halogenated alkanes) is 10. The molecule has 10 fully saturated rings. The van der Waals surface area contributed by atoms with Crippen LogP contribution in [0.25, 0.3) is 0 Å². The minimum Gasteiger partial charge on any atom is -0.365 e. The second-order valence-electron chi connectivity index (χ2n) is 31.0. The van der Waals surface area contributed by atoms with Crippen molar-refractivity contribution in [1.82, 2.24) is 0 Å². The summed E-state index contributed by atoms with van der Waals surface area (Å²) < 4.78 is 51.3. The van der Waals surface area contributed by atoms with Crippen LogP contribution in [0.3, 0.4) is 0 Å². The normalized spacial score (nSPS) is 54.0. The van der Waals surface area contributed by atoms with Crippen molar-refractivity contribution in [3.8, 4) is 0 Å². The molecule has 0 saturated carbocycles. The van der Waals surface area contributed by atoms with Crippen molar-refractivity contribution in [3.63, 3.8) is 0 Å². The van der Waals surface area contributed by atoms with Crippen LogP contribution in [0.4, 0.5) is 0 Å². The van der Waals surface area contributed by atoms with Crippen LogP contribution in [0.15, 0.2) is 158 Å². The smallest absolute Gasteiger partial charge is 0.143 e. The zero-order chi connectivity index (χ0) is 56.3. The molecule has 442 valence electrons. The van der Waals surface area contributed by atoms with Crippen LogP contribution in [-0.2, 0) is 39.6 Å². The van der Waals surface area contributed by atoms with E-state index in [1.54, 1.807) is 0 Å². The van der Waals surface area contributed by atoms with Crippen molar-refractivity contribution in [2.24, 2.45) is 71.0 Å². The van der Waals surface area contributed by atoms with Gasteiger partial charge in [-0.2, -0.15) is 0 Å². The molecule has 1 aromatic carbocycles. The molecule has 5 aliphatic carbocycles. The maximum Gasteiger partial charge on any atom is 0.143 e. The van der Waals surface area contributed by atoms with Crippen molar-refractivity contribution >= 4 is 0 Å². The Morgan fingerprint density at radius 3 is 1.23 bits per heavy atom. The second-order valence-corrected chi connectivity index (χ2v) is 31.0. The van der Waals surface area contributed by atoms with Gasteiger partial charge in [0.15, 0.2) is 0 Å². The maximum absolute atomic E-state index is 9.26. The molecule has 0 spiro atoms. The van der Waals surface area contributed by atoms with E-state index in [1.165, 1.54) is 88.2 Å². The number of allylic oxidation sites excluding steroid dienone is 10. The first kappa shape index (κ1) is 53.2.